The van der Waals surface area contributed by atoms with Crippen molar-refractivity contribution in [1.82, 2.24) is 0 Å². The number of carbonyl (C=O) groups excluding carboxylic acids is 1. The minimum absolute atomic E-state index is 0.0457. The molecule has 2 aliphatic carbocycles. The molecule has 2 saturated carbocycles. The molecule has 0 aromatic rings. The van der Waals surface area contributed by atoms with Crippen LogP contribution >= 0.6 is 0 Å². The molecular weight excluding hydrogens is 216 g/mol. The Morgan fingerprint density at radius 3 is 2.56 bits per heavy atom. The van der Waals surface area contributed by atoms with Gasteiger partial charge in [0.1, 0.15) is 5.78 Å². The van der Waals surface area contributed by atoms with Crippen molar-refractivity contribution in [3.05, 3.63) is 0 Å². The summed E-state index contributed by atoms with van der Waals surface area (Å²) in [5.74, 6) is 0.959. The van der Waals surface area contributed by atoms with Crippen LogP contribution in [0.25, 0.3) is 0 Å². The van der Waals surface area contributed by atoms with Gasteiger partial charge in [0.15, 0.2) is 8.32 Å². The molecular formula is C13H24O2Si. The van der Waals surface area contributed by atoms with Crippen LogP contribution in [0.2, 0.25) is 18.6 Å². The van der Waals surface area contributed by atoms with Crippen LogP contribution in [0, 0.1) is 11.3 Å². The Labute approximate surface area is 99.6 Å². The average molecular weight is 240 g/mol. The molecule has 2 aliphatic rings. The molecule has 0 aromatic carbocycles. The summed E-state index contributed by atoms with van der Waals surface area (Å²) in [6, 6.07) is 0. The molecule has 1 N–H and O–H groups in total. The second kappa shape index (κ2) is 3.95. The van der Waals surface area contributed by atoms with Crippen LogP contribution in [0.3, 0.4) is 0 Å². The van der Waals surface area contributed by atoms with Crippen molar-refractivity contribution in [2.24, 2.45) is 11.3 Å². The van der Waals surface area contributed by atoms with Crippen molar-refractivity contribution in [3.63, 3.8) is 0 Å². The lowest BCUT2D eigenvalue weighted by atomic mass is 9.66. The number of fused-ring (bicyclic) bond motifs is 1. The first-order chi connectivity index (χ1) is 7.36. The molecule has 16 heavy (non-hydrogen) atoms. The highest BCUT2D eigenvalue weighted by Crippen LogP contribution is 2.59. The summed E-state index contributed by atoms with van der Waals surface area (Å²) in [6.45, 7) is 5.83. The molecule has 2 fully saturated rings. The highest BCUT2D eigenvalue weighted by molar-refractivity contribution is 6.71. The Kier molecular flexibility index (Phi) is 3.04. The lowest BCUT2D eigenvalue weighted by Crippen LogP contribution is -2.36. The van der Waals surface area contributed by atoms with Crippen molar-refractivity contribution >= 4 is 14.1 Å². The van der Waals surface area contributed by atoms with Gasteiger partial charge in [-0.3, -0.25) is 4.79 Å². The first-order valence-electron chi connectivity index (χ1n) is 6.60. The minimum Gasteiger partial charge on any atom is -0.432 e. The van der Waals surface area contributed by atoms with Gasteiger partial charge in [-0.15, -0.1) is 0 Å². The van der Waals surface area contributed by atoms with E-state index in [9.17, 15) is 9.59 Å². The quantitative estimate of drug-likeness (QED) is 0.753. The van der Waals surface area contributed by atoms with Crippen LogP contribution in [0.5, 0.6) is 0 Å². The van der Waals surface area contributed by atoms with Crippen molar-refractivity contribution < 1.29 is 9.59 Å². The van der Waals surface area contributed by atoms with Crippen molar-refractivity contribution in [3.8, 4) is 0 Å². The van der Waals surface area contributed by atoms with E-state index >= 15 is 0 Å². The van der Waals surface area contributed by atoms with E-state index < -0.39 is 8.32 Å². The molecule has 0 aliphatic heterocycles. The average Bonchev–Trinajstić information content (AvgIpc) is 2.57. The van der Waals surface area contributed by atoms with Crippen LogP contribution in [0.15, 0.2) is 0 Å². The molecule has 0 aromatic heterocycles. The van der Waals surface area contributed by atoms with Crippen LogP contribution < -0.4 is 0 Å². The third kappa shape index (κ3) is 1.88. The third-order valence-corrected chi connectivity index (χ3v) is 7.52. The number of carbonyl (C=O) groups is 1. The van der Waals surface area contributed by atoms with E-state index in [1.807, 2.05) is 13.1 Å². The zero-order valence-corrected chi connectivity index (χ0v) is 11.8. The van der Waals surface area contributed by atoms with Gasteiger partial charge in [0, 0.05) is 5.41 Å². The Bertz CT molecular complexity index is 295. The van der Waals surface area contributed by atoms with E-state index in [4.69, 9.17) is 0 Å². The maximum atomic E-state index is 12.0. The predicted molar refractivity (Wildman–Crippen MR) is 67.8 cm³/mol. The minimum atomic E-state index is -2.06. The summed E-state index contributed by atoms with van der Waals surface area (Å²) < 4.78 is 0. The molecule has 3 atom stereocenters. The van der Waals surface area contributed by atoms with E-state index in [0.29, 0.717) is 17.2 Å². The molecule has 0 spiro atoms. The number of Topliss-reactive ketones (excluding diaryl/α,β-unsaturated/α-hetero) is 1. The summed E-state index contributed by atoms with van der Waals surface area (Å²) in [5, 5.41) is 0. The maximum absolute atomic E-state index is 12.0. The maximum Gasteiger partial charge on any atom is 0.185 e. The van der Waals surface area contributed by atoms with Gasteiger partial charge >= 0.3 is 0 Å². The zero-order chi connectivity index (χ0) is 12.0. The highest BCUT2D eigenvalue weighted by Gasteiger charge is 2.54. The molecule has 92 valence electrons. The summed E-state index contributed by atoms with van der Waals surface area (Å²) >= 11 is 0. The molecule has 0 unspecified atom stereocenters. The monoisotopic (exact) mass is 240 g/mol. The van der Waals surface area contributed by atoms with Gasteiger partial charge in [-0.05, 0) is 57.2 Å². The largest absolute Gasteiger partial charge is 0.432 e. The summed E-state index contributed by atoms with van der Waals surface area (Å²) in [4.78, 5) is 22.3. The molecule has 0 radical (unpaired) electrons. The number of hydrogen-bond donors (Lipinski definition) is 1. The first-order valence-corrected chi connectivity index (χ1v) is 9.62. The number of ketones is 1. The molecule has 3 heteroatoms. The fraction of sp³-hybridized carbons (Fsp3) is 0.923. The summed E-state index contributed by atoms with van der Waals surface area (Å²) in [6.07, 6.45) is 6.85. The summed E-state index contributed by atoms with van der Waals surface area (Å²) in [5.41, 5.74) is 0.398. The molecule has 0 amide bonds. The predicted octanol–water partition coefficient (Wildman–Crippen LogP) is 3.11. The van der Waals surface area contributed by atoms with Crippen LogP contribution in [0.1, 0.15) is 45.4 Å². The van der Waals surface area contributed by atoms with Gasteiger partial charge < -0.3 is 4.80 Å². The second-order valence-electron chi connectivity index (χ2n) is 6.45. The van der Waals surface area contributed by atoms with Gasteiger partial charge in [0.25, 0.3) is 0 Å². The van der Waals surface area contributed by atoms with Crippen molar-refractivity contribution in [2.75, 3.05) is 0 Å². The fourth-order valence-electron chi connectivity index (χ4n) is 3.94. The van der Waals surface area contributed by atoms with E-state index in [2.05, 4.69) is 0 Å². The van der Waals surface area contributed by atoms with E-state index in [1.165, 1.54) is 19.3 Å². The Morgan fingerprint density at radius 1 is 1.38 bits per heavy atom. The Balaban J connectivity index is 2.24. The van der Waals surface area contributed by atoms with Gasteiger partial charge in [0.05, 0.1) is 0 Å². The van der Waals surface area contributed by atoms with Crippen molar-refractivity contribution in [1.29, 1.82) is 0 Å². The normalized spacial score (nSPS) is 39.5. The second-order valence-corrected chi connectivity index (χ2v) is 10.6. The molecule has 0 saturated heterocycles. The summed E-state index contributed by atoms with van der Waals surface area (Å²) in [7, 11) is -2.06. The molecule has 2 rings (SSSR count). The SMILES string of the molecule is CC(=O)[C@]12CCCC[C@H]1C[C@@H]([Si](C)(C)O)C2. The van der Waals surface area contributed by atoms with E-state index in [0.717, 1.165) is 19.3 Å². The smallest absolute Gasteiger partial charge is 0.185 e. The van der Waals surface area contributed by atoms with Crippen molar-refractivity contribution in [2.45, 2.75) is 64.1 Å². The van der Waals surface area contributed by atoms with E-state index in [-0.39, 0.29) is 5.41 Å². The Morgan fingerprint density at radius 2 is 2.06 bits per heavy atom. The number of rotatable bonds is 2. The van der Waals surface area contributed by atoms with Gasteiger partial charge in [-0.25, -0.2) is 0 Å². The standard InChI is InChI=1S/C13H24O2Si/c1-10(14)13-7-5-4-6-11(13)8-12(9-13)16(2,3)15/h11-12,15H,4-9H2,1-3H3/t11-,12+,13+/m0/s1. The third-order valence-electron chi connectivity index (χ3n) is 5.09. The van der Waals surface area contributed by atoms with Crippen LogP contribution in [0.4, 0.5) is 0 Å². The highest BCUT2D eigenvalue weighted by atomic mass is 28.4. The Hall–Kier alpha value is -0.153. The van der Waals surface area contributed by atoms with Gasteiger partial charge in [-0.2, -0.15) is 0 Å². The van der Waals surface area contributed by atoms with Gasteiger partial charge in [0.2, 0.25) is 0 Å². The number of hydrogen-bond acceptors (Lipinski definition) is 2. The first kappa shape index (κ1) is 12.3. The lowest BCUT2D eigenvalue weighted by molar-refractivity contribution is -0.130. The van der Waals surface area contributed by atoms with Gasteiger partial charge in [-0.1, -0.05) is 12.8 Å². The molecule has 2 nitrogen and oxygen atoms in total. The topological polar surface area (TPSA) is 37.3 Å². The lowest BCUT2D eigenvalue weighted by Gasteiger charge is -2.37. The zero-order valence-electron chi connectivity index (χ0n) is 10.8. The van der Waals surface area contributed by atoms with Crippen LogP contribution in [-0.2, 0) is 4.79 Å². The van der Waals surface area contributed by atoms with Crippen LogP contribution in [-0.4, -0.2) is 18.9 Å². The van der Waals surface area contributed by atoms with E-state index in [1.54, 1.807) is 6.92 Å². The molecule has 0 heterocycles. The molecule has 0 bridgehead atoms. The fourth-order valence-corrected chi connectivity index (χ4v) is 5.66.